The first-order valence-electron chi connectivity index (χ1n) is 6.08. The van der Waals surface area contributed by atoms with Gasteiger partial charge in [0.2, 0.25) is 10.0 Å². The molecule has 0 heterocycles. The summed E-state index contributed by atoms with van der Waals surface area (Å²) in [5.41, 5.74) is 0.610. The average Bonchev–Trinajstić information content (AvgIpc) is 2.47. The van der Waals surface area contributed by atoms with E-state index in [1.54, 1.807) is 24.3 Å². The molecule has 2 aromatic carbocycles. The van der Waals surface area contributed by atoms with Gasteiger partial charge in [-0.1, -0.05) is 23.7 Å². The fourth-order valence-electron chi connectivity index (χ4n) is 1.81. The molecule has 22 heavy (non-hydrogen) atoms. The Hall–Kier alpha value is -1.57. The van der Waals surface area contributed by atoms with Gasteiger partial charge in [-0.15, -0.1) is 0 Å². The average molecular weight is 350 g/mol. The quantitative estimate of drug-likeness (QED) is 0.791. The van der Waals surface area contributed by atoms with Crippen molar-refractivity contribution in [2.45, 2.75) is 11.4 Å². The highest BCUT2D eigenvalue weighted by molar-refractivity contribution is 7.89. The van der Waals surface area contributed by atoms with E-state index < -0.39 is 32.4 Å². The van der Waals surface area contributed by atoms with Crippen LogP contribution in [0.1, 0.15) is 5.56 Å². The Morgan fingerprint density at radius 2 is 1.59 bits per heavy atom. The van der Waals surface area contributed by atoms with E-state index in [2.05, 4.69) is 0 Å². The zero-order valence-corrected chi connectivity index (χ0v) is 12.9. The van der Waals surface area contributed by atoms with Crippen molar-refractivity contribution in [3.63, 3.8) is 0 Å². The number of hydrogen-bond acceptors (Lipinski definition) is 2. The largest absolute Gasteiger partial charge is 0.246 e. The van der Waals surface area contributed by atoms with Gasteiger partial charge >= 0.3 is 0 Å². The van der Waals surface area contributed by atoms with E-state index in [0.29, 0.717) is 22.7 Å². The van der Waals surface area contributed by atoms with E-state index in [1.807, 2.05) is 0 Å². The van der Waals surface area contributed by atoms with Crippen LogP contribution in [0, 0.1) is 17.5 Å². The summed E-state index contributed by atoms with van der Waals surface area (Å²) < 4.78 is 65.1. The Labute approximate surface area is 131 Å². The van der Waals surface area contributed by atoms with Crippen LogP contribution < -0.4 is 0 Å². The topological polar surface area (TPSA) is 37.4 Å². The lowest BCUT2D eigenvalue weighted by Crippen LogP contribution is -2.27. The van der Waals surface area contributed by atoms with Gasteiger partial charge in [0.1, 0.15) is 4.90 Å². The van der Waals surface area contributed by atoms with Gasteiger partial charge in [0.05, 0.1) is 0 Å². The number of benzene rings is 2. The number of nitrogens with zero attached hydrogens (tertiary/aromatic N) is 1. The molecule has 0 aliphatic carbocycles. The molecule has 118 valence electrons. The first kappa shape index (κ1) is 16.8. The molecule has 0 atom stereocenters. The van der Waals surface area contributed by atoms with Gasteiger partial charge in [-0.2, -0.15) is 4.31 Å². The standard InChI is InChI=1S/C14H11ClF3NO2S/c1-19(8-9-2-4-10(15)5-3-9)22(20,21)12-7-6-11(16)13(17)14(12)18/h2-7H,8H2,1H3. The summed E-state index contributed by atoms with van der Waals surface area (Å²) in [6.07, 6.45) is 0. The summed E-state index contributed by atoms with van der Waals surface area (Å²) in [4.78, 5) is -0.914. The van der Waals surface area contributed by atoms with Crippen LogP contribution in [0.2, 0.25) is 5.02 Å². The first-order valence-corrected chi connectivity index (χ1v) is 7.89. The van der Waals surface area contributed by atoms with Crippen LogP contribution in [0.15, 0.2) is 41.3 Å². The zero-order valence-electron chi connectivity index (χ0n) is 11.4. The SMILES string of the molecule is CN(Cc1ccc(Cl)cc1)S(=O)(=O)c1ccc(F)c(F)c1F. The second-order valence-electron chi connectivity index (χ2n) is 4.56. The van der Waals surface area contributed by atoms with Gasteiger partial charge in [-0.25, -0.2) is 21.6 Å². The third-order valence-electron chi connectivity index (χ3n) is 3.01. The van der Waals surface area contributed by atoms with Crippen LogP contribution in [0.4, 0.5) is 13.2 Å². The van der Waals surface area contributed by atoms with Crippen LogP contribution in [-0.2, 0) is 16.6 Å². The third-order valence-corrected chi connectivity index (χ3v) is 5.08. The molecule has 0 amide bonds. The fourth-order valence-corrected chi connectivity index (χ4v) is 3.14. The predicted octanol–water partition coefficient (Wildman–Crippen LogP) is 3.58. The minimum atomic E-state index is -4.30. The Morgan fingerprint density at radius 1 is 1.00 bits per heavy atom. The van der Waals surface area contributed by atoms with Crippen molar-refractivity contribution in [3.8, 4) is 0 Å². The van der Waals surface area contributed by atoms with Crippen LogP contribution in [0.5, 0.6) is 0 Å². The monoisotopic (exact) mass is 349 g/mol. The molecule has 0 saturated carbocycles. The van der Waals surface area contributed by atoms with Crippen LogP contribution >= 0.6 is 11.6 Å². The molecule has 0 spiro atoms. The van der Waals surface area contributed by atoms with E-state index in [4.69, 9.17) is 11.6 Å². The Balaban J connectivity index is 2.34. The maximum atomic E-state index is 13.7. The highest BCUT2D eigenvalue weighted by Crippen LogP contribution is 2.23. The van der Waals surface area contributed by atoms with Crippen molar-refractivity contribution in [3.05, 3.63) is 64.4 Å². The van der Waals surface area contributed by atoms with Crippen molar-refractivity contribution >= 4 is 21.6 Å². The summed E-state index contributed by atoms with van der Waals surface area (Å²) in [7, 11) is -3.09. The molecule has 2 aromatic rings. The Morgan fingerprint density at radius 3 is 2.18 bits per heavy atom. The second-order valence-corrected chi connectivity index (χ2v) is 7.01. The number of halogens is 4. The molecule has 0 radical (unpaired) electrons. The normalized spacial score (nSPS) is 11.9. The van der Waals surface area contributed by atoms with Crippen molar-refractivity contribution in [2.24, 2.45) is 0 Å². The van der Waals surface area contributed by atoms with Gasteiger partial charge in [-0.3, -0.25) is 0 Å². The summed E-state index contributed by atoms with van der Waals surface area (Å²) in [5.74, 6) is -5.00. The maximum Gasteiger partial charge on any atom is 0.246 e. The molecule has 0 unspecified atom stereocenters. The van der Waals surface area contributed by atoms with Crippen LogP contribution in [0.25, 0.3) is 0 Å². The minimum absolute atomic E-state index is 0.0715. The lowest BCUT2D eigenvalue weighted by atomic mass is 10.2. The molecule has 0 bridgehead atoms. The molecule has 0 aliphatic heterocycles. The van der Waals surface area contributed by atoms with Gasteiger partial charge in [0, 0.05) is 18.6 Å². The highest BCUT2D eigenvalue weighted by atomic mass is 35.5. The molecular weight excluding hydrogens is 339 g/mol. The van der Waals surface area contributed by atoms with Crippen molar-refractivity contribution in [1.29, 1.82) is 0 Å². The van der Waals surface area contributed by atoms with Crippen LogP contribution in [0.3, 0.4) is 0 Å². The Bertz CT molecular complexity index is 794. The molecule has 0 aliphatic rings. The van der Waals surface area contributed by atoms with Crippen molar-refractivity contribution < 1.29 is 21.6 Å². The molecule has 0 aromatic heterocycles. The maximum absolute atomic E-state index is 13.7. The fraction of sp³-hybridized carbons (Fsp3) is 0.143. The lowest BCUT2D eigenvalue weighted by molar-refractivity contribution is 0.421. The van der Waals surface area contributed by atoms with Gasteiger partial charge < -0.3 is 0 Å². The first-order chi connectivity index (χ1) is 10.2. The predicted molar refractivity (Wildman–Crippen MR) is 76.4 cm³/mol. The summed E-state index contributed by atoms with van der Waals surface area (Å²) in [5, 5.41) is 0.487. The minimum Gasteiger partial charge on any atom is -0.207 e. The van der Waals surface area contributed by atoms with Crippen molar-refractivity contribution in [2.75, 3.05) is 7.05 Å². The van der Waals surface area contributed by atoms with Crippen molar-refractivity contribution in [1.82, 2.24) is 4.31 Å². The number of hydrogen-bond donors (Lipinski definition) is 0. The van der Waals surface area contributed by atoms with E-state index >= 15 is 0 Å². The van der Waals surface area contributed by atoms with Gasteiger partial charge in [0.25, 0.3) is 0 Å². The van der Waals surface area contributed by atoms with E-state index in [9.17, 15) is 21.6 Å². The molecule has 0 saturated heterocycles. The number of rotatable bonds is 4. The molecule has 3 nitrogen and oxygen atoms in total. The lowest BCUT2D eigenvalue weighted by Gasteiger charge is -2.18. The second kappa shape index (κ2) is 6.28. The zero-order chi connectivity index (χ0) is 16.5. The van der Waals surface area contributed by atoms with Gasteiger partial charge in [0.15, 0.2) is 17.5 Å². The third kappa shape index (κ3) is 3.26. The van der Waals surface area contributed by atoms with E-state index in [1.165, 1.54) is 7.05 Å². The Kier molecular flexibility index (Phi) is 4.79. The molecule has 0 fully saturated rings. The van der Waals surface area contributed by atoms with E-state index in [-0.39, 0.29) is 6.54 Å². The molecule has 8 heteroatoms. The smallest absolute Gasteiger partial charge is 0.207 e. The molecular formula is C14H11ClF3NO2S. The summed E-state index contributed by atoms with van der Waals surface area (Å²) >= 11 is 5.73. The summed E-state index contributed by atoms with van der Waals surface area (Å²) in [6, 6.07) is 7.64. The van der Waals surface area contributed by atoms with E-state index in [0.717, 1.165) is 4.31 Å². The highest BCUT2D eigenvalue weighted by Gasteiger charge is 2.27. The van der Waals surface area contributed by atoms with Gasteiger partial charge in [-0.05, 0) is 29.8 Å². The summed E-state index contributed by atoms with van der Waals surface area (Å²) in [6.45, 7) is -0.0715. The number of sulfonamides is 1. The van der Waals surface area contributed by atoms with Crippen LogP contribution in [-0.4, -0.2) is 19.8 Å². The molecule has 0 N–H and O–H groups in total. The molecule has 2 rings (SSSR count).